The number of carbonyl (C=O) groups is 1. The van der Waals surface area contributed by atoms with Gasteiger partial charge < -0.3 is 14.5 Å². The molecule has 1 N–H and O–H groups in total. The van der Waals surface area contributed by atoms with Crippen LogP contribution in [0, 0.1) is 0 Å². The van der Waals surface area contributed by atoms with E-state index in [1.54, 1.807) is 37.6 Å². The van der Waals surface area contributed by atoms with Crippen LogP contribution < -0.4 is 10.1 Å². The van der Waals surface area contributed by atoms with Crippen molar-refractivity contribution in [1.29, 1.82) is 0 Å². The van der Waals surface area contributed by atoms with Gasteiger partial charge in [0.25, 0.3) is 0 Å². The number of anilines is 1. The fraction of sp³-hybridized carbons (Fsp3) is 0.118. The maximum atomic E-state index is 12.3. The number of hydrogen-bond donors (Lipinski definition) is 1. The Bertz CT molecular complexity index is 873. The van der Waals surface area contributed by atoms with E-state index in [0.717, 1.165) is 10.9 Å². The number of hydrogen-bond acceptors (Lipinski definition) is 3. The van der Waals surface area contributed by atoms with Gasteiger partial charge in [0.05, 0.1) is 35.5 Å². The number of nitrogens with one attached hydrogen (secondary N) is 1. The van der Waals surface area contributed by atoms with Crippen LogP contribution in [-0.2, 0) is 11.2 Å². The molecule has 0 aliphatic heterocycles. The normalized spacial score (nSPS) is 10.7. The Balaban J connectivity index is 1.81. The number of methoxy groups -OCH3 is 1. The third kappa shape index (κ3) is 3.28. The average Bonchev–Trinajstić information content (AvgIpc) is 2.94. The SMILES string of the molecule is COc1ccc2occ(CC(=O)Nc3cccc(Cl)c3Cl)c2c1. The number of ether oxygens (including phenoxy) is 1. The second kappa shape index (κ2) is 6.52. The highest BCUT2D eigenvalue weighted by Gasteiger charge is 2.13. The summed E-state index contributed by atoms with van der Waals surface area (Å²) in [6, 6.07) is 10.5. The van der Waals surface area contributed by atoms with E-state index in [1.807, 2.05) is 12.1 Å². The van der Waals surface area contributed by atoms with Crippen molar-refractivity contribution in [3.8, 4) is 5.75 Å². The third-order valence-corrected chi connectivity index (χ3v) is 4.26. The van der Waals surface area contributed by atoms with Gasteiger partial charge in [-0.2, -0.15) is 0 Å². The maximum absolute atomic E-state index is 12.3. The molecule has 0 spiro atoms. The molecule has 3 aromatic rings. The molecule has 0 saturated carbocycles. The summed E-state index contributed by atoms with van der Waals surface area (Å²) >= 11 is 12.0. The minimum absolute atomic E-state index is 0.156. The van der Waals surface area contributed by atoms with Crippen LogP contribution in [0.5, 0.6) is 5.75 Å². The molecule has 4 nitrogen and oxygen atoms in total. The summed E-state index contributed by atoms with van der Waals surface area (Å²) in [6.07, 6.45) is 1.73. The maximum Gasteiger partial charge on any atom is 0.228 e. The zero-order valence-corrected chi connectivity index (χ0v) is 13.7. The highest BCUT2D eigenvalue weighted by Crippen LogP contribution is 2.30. The number of fused-ring (bicyclic) bond motifs is 1. The fourth-order valence-electron chi connectivity index (χ4n) is 2.29. The molecular weight excluding hydrogens is 337 g/mol. The molecule has 0 aliphatic rings. The van der Waals surface area contributed by atoms with E-state index in [1.165, 1.54) is 0 Å². The third-order valence-electron chi connectivity index (χ3n) is 3.44. The zero-order valence-electron chi connectivity index (χ0n) is 12.2. The average molecular weight is 350 g/mol. The number of amides is 1. The van der Waals surface area contributed by atoms with Crippen molar-refractivity contribution >= 4 is 45.8 Å². The molecule has 1 heterocycles. The Morgan fingerprint density at radius 1 is 1.26 bits per heavy atom. The van der Waals surface area contributed by atoms with Gasteiger partial charge in [0.2, 0.25) is 5.91 Å². The molecule has 2 aromatic carbocycles. The molecule has 0 unspecified atom stereocenters. The summed E-state index contributed by atoms with van der Waals surface area (Å²) in [5.41, 5.74) is 1.96. The van der Waals surface area contributed by atoms with E-state index >= 15 is 0 Å². The van der Waals surface area contributed by atoms with Gasteiger partial charge in [0, 0.05) is 10.9 Å². The van der Waals surface area contributed by atoms with Gasteiger partial charge in [-0.25, -0.2) is 0 Å². The minimum atomic E-state index is -0.209. The second-order valence-corrected chi connectivity index (χ2v) is 5.73. The molecule has 0 aliphatic carbocycles. The van der Waals surface area contributed by atoms with Crippen molar-refractivity contribution in [3.05, 3.63) is 58.3 Å². The molecule has 1 aromatic heterocycles. The van der Waals surface area contributed by atoms with Crippen molar-refractivity contribution in [2.24, 2.45) is 0 Å². The van der Waals surface area contributed by atoms with E-state index < -0.39 is 0 Å². The summed E-state index contributed by atoms with van der Waals surface area (Å²) in [4.78, 5) is 12.3. The van der Waals surface area contributed by atoms with Gasteiger partial charge in [0.1, 0.15) is 11.3 Å². The Kier molecular flexibility index (Phi) is 4.46. The predicted octanol–water partition coefficient (Wildman–Crippen LogP) is 4.93. The van der Waals surface area contributed by atoms with Crippen LogP contribution in [0.3, 0.4) is 0 Å². The van der Waals surface area contributed by atoms with Crippen molar-refractivity contribution in [1.82, 2.24) is 0 Å². The standard InChI is InChI=1S/C17H13Cl2NO3/c1-22-11-5-6-15-12(8-11)10(9-23-15)7-16(21)20-14-4-2-3-13(18)17(14)19/h2-6,8-9H,7H2,1H3,(H,20,21). The topological polar surface area (TPSA) is 51.5 Å². The smallest absolute Gasteiger partial charge is 0.228 e. The number of benzene rings is 2. The van der Waals surface area contributed by atoms with Crippen LogP contribution in [0.15, 0.2) is 47.1 Å². The quantitative estimate of drug-likeness (QED) is 0.726. The predicted molar refractivity (Wildman–Crippen MR) is 91.6 cm³/mol. The minimum Gasteiger partial charge on any atom is -0.497 e. The lowest BCUT2D eigenvalue weighted by atomic mass is 10.1. The van der Waals surface area contributed by atoms with Gasteiger partial charge in [-0.15, -0.1) is 0 Å². The highest BCUT2D eigenvalue weighted by molar-refractivity contribution is 6.44. The number of furan rings is 1. The monoisotopic (exact) mass is 349 g/mol. The van der Waals surface area contributed by atoms with E-state index in [2.05, 4.69) is 5.32 Å². The summed E-state index contributed by atoms with van der Waals surface area (Å²) in [6.45, 7) is 0. The van der Waals surface area contributed by atoms with Gasteiger partial charge >= 0.3 is 0 Å². The molecule has 6 heteroatoms. The van der Waals surface area contributed by atoms with Crippen molar-refractivity contribution in [2.75, 3.05) is 12.4 Å². The Labute approximate surface area is 142 Å². The first-order chi connectivity index (χ1) is 11.1. The Morgan fingerprint density at radius 3 is 2.87 bits per heavy atom. The number of carbonyl (C=O) groups excluding carboxylic acids is 1. The van der Waals surface area contributed by atoms with Crippen LogP contribution in [-0.4, -0.2) is 13.0 Å². The van der Waals surface area contributed by atoms with Crippen LogP contribution in [0.2, 0.25) is 10.0 Å². The van der Waals surface area contributed by atoms with Gasteiger partial charge in [-0.1, -0.05) is 29.3 Å². The first-order valence-corrected chi connectivity index (χ1v) is 7.62. The lowest BCUT2D eigenvalue weighted by Crippen LogP contribution is -2.14. The molecule has 0 saturated heterocycles. The first kappa shape index (κ1) is 15.7. The van der Waals surface area contributed by atoms with Gasteiger partial charge in [-0.3, -0.25) is 4.79 Å². The molecule has 3 rings (SSSR count). The first-order valence-electron chi connectivity index (χ1n) is 6.86. The lowest BCUT2D eigenvalue weighted by Gasteiger charge is -2.07. The van der Waals surface area contributed by atoms with Crippen LogP contribution in [0.25, 0.3) is 11.0 Å². The number of rotatable bonds is 4. The second-order valence-electron chi connectivity index (χ2n) is 4.95. The van der Waals surface area contributed by atoms with Gasteiger partial charge in [-0.05, 0) is 30.3 Å². The molecule has 0 fully saturated rings. The number of halogens is 2. The Hall–Kier alpha value is -2.17. The van der Waals surface area contributed by atoms with E-state index in [4.69, 9.17) is 32.4 Å². The molecular formula is C17H13Cl2NO3. The van der Waals surface area contributed by atoms with E-state index in [0.29, 0.717) is 27.1 Å². The highest BCUT2D eigenvalue weighted by atomic mass is 35.5. The summed E-state index contributed by atoms with van der Waals surface area (Å²) < 4.78 is 10.7. The molecule has 0 bridgehead atoms. The summed E-state index contributed by atoms with van der Waals surface area (Å²) in [5.74, 6) is 0.498. The summed E-state index contributed by atoms with van der Waals surface area (Å²) in [7, 11) is 1.59. The van der Waals surface area contributed by atoms with Crippen molar-refractivity contribution < 1.29 is 13.9 Å². The fourth-order valence-corrected chi connectivity index (χ4v) is 2.64. The van der Waals surface area contributed by atoms with Crippen LogP contribution in [0.4, 0.5) is 5.69 Å². The largest absolute Gasteiger partial charge is 0.497 e. The van der Waals surface area contributed by atoms with E-state index in [-0.39, 0.29) is 12.3 Å². The van der Waals surface area contributed by atoms with Crippen molar-refractivity contribution in [2.45, 2.75) is 6.42 Å². The molecule has 1 amide bonds. The van der Waals surface area contributed by atoms with Crippen molar-refractivity contribution in [3.63, 3.8) is 0 Å². The zero-order chi connectivity index (χ0) is 16.4. The van der Waals surface area contributed by atoms with E-state index in [9.17, 15) is 4.79 Å². The molecule has 0 atom stereocenters. The van der Waals surface area contributed by atoms with Crippen LogP contribution >= 0.6 is 23.2 Å². The lowest BCUT2D eigenvalue weighted by molar-refractivity contribution is -0.115. The Morgan fingerprint density at radius 2 is 2.09 bits per heavy atom. The molecule has 118 valence electrons. The molecule has 0 radical (unpaired) electrons. The van der Waals surface area contributed by atoms with Gasteiger partial charge in [0.15, 0.2) is 0 Å². The van der Waals surface area contributed by atoms with Crippen LogP contribution in [0.1, 0.15) is 5.56 Å². The summed E-state index contributed by atoms with van der Waals surface area (Å²) in [5, 5.41) is 4.31. The molecule has 23 heavy (non-hydrogen) atoms.